The first kappa shape index (κ1) is 23.6. The summed E-state index contributed by atoms with van der Waals surface area (Å²) in [5.41, 5.74) is 3.45. The van der Waals surface area contributed by atoms with Crippen molar-refractivity contribution in [3.63, 3.8) is 0 Å². The molecule has 0 saturated carbocycles. The summed E-state index contributed by atoms with van der Waals surface area (Å²) >= 11 is 0. The summed E-state index contributed by atoms with van der Waals surface area (Å²) in [5.74, 6) is 1.84. The molecule has 1 atom stereocenters. The monoisotopic (exact) mass is 414 g/mol. The number of aliphatic hydroxyl groups is 1. The second-order valence-electron chi connectivity index (χ2n) is 7.42. The number of unbranched alkanes of at least 4 members (excludes halogenated alkanes) is 1. The van der Waals surface area contributed by atoms with Gasteiger partial charge in [-0.1, -0.05) is 32.1 Å². The van der Waals surface area contributed by atoms with Crippen molar-refractivity contribution in [3.05, 3.63) is 48.0 Å². The van der Waals surface area contributed by atoms with Crippen LogP contribution >= 0.6 is 0 Å². The highest BCUT2D eigenvalue weighted by Crippen LogP contribution is 2.49. The Bertz CT molecular complexity index is 842. The SMILES string of the molecule is C=CCOc1c(CCCC)cc(-c2cc(CCC(C)O)ccc2O)c(OC)c1OC. The van der Waals surface area contributed by atoms with Crippen LogP contribution in [0, 0.1) is 0 Å². The lowest BCUT2D eigenvalue weighted by molar-refractivity contribution is 0.185. The highest BCUT2D eigenvalue weighted by Gasteiger charge is 2.23. The van der Waals surface area contributed by atoms with Gasteiger partial charge in [-0.2, -0.15) is 0 Å². The number of aromatic hydroxyl groups is 1. The largest absolute Gasteiger partial charge is 0.507 e. The summed E-state index contributed by atoms with van der Waals surface area (Å²) in [6, 6.07) is 7.53. The first-order valence-electron chi connectivity index (χ1n) is 10.5. The fourth-order valence-corrected chi connectivity index (χ4v) is 3.45. The van der Waals surface area contributed by atoms with Crippen LogP contribution in [0.25, 0.3) is 11.1 Å². The molecular formula is C25H34O5. The summed E-state index contributed by atoms with van der Waals surface area (Å²) in [4.78, 5) is 0. The van der Waals surface area contributed by atoms with Gasteiger partial charge in [-0.15, -0.1) is 0 Å². The molecule has 0 amide bonds. The summed E-state index contributed by atoms with van der Waals surface area (Å²) in [7, 11) is 3.17. The zero-order valence-electron chi connectivity index (χ0n) is 18.5. The molecule has 2 rings (SSSR count). The van der Waals surface area contributed by atoms with Crippen LogP contribution in [0.2, 0.25) is 0 Å². The lowest BCUT2D eigenvalue weighted by atomic mass is 9.94. The molecule has 2 aromatic carbocycles. The summed E-state index contributed by atoms with van der Waals surface area (Å²) in [6.07, 6.45) is 5.55. The molecule has 0 aliphatic rings. The molecule has 5 heteroatoms. The second kappa shape index (κ2) is 11.5. The molecule has 0 spiro atoms. The van der Waals surface area contributed by atoms with E-state index in [4.69, 9.17) is 14.2 Å². The quantitative estimate of drug-likeness (QED) is 0.462. The molecule has 1 unspecified atom stereocenters. The molecule has 2 N–H and O–H groups in total. The van der Waals surface area contributed by atoms with Gasteiger partial charge >= 0.3 is 0 Å². The molecule has 164 valence electrons. The molecular weight excluding hydrogens is 380 g/mol. The van der Waals surface area contributed by atoms with E-state index >= 15 is 0 Å². The van der Waals surface area contributed by atoms with Crippen molar-refractivity contribution < 1.29 is 24.4 Å². The van der Waals surface area contributed by atoms with Crippen LogP contribution in [0.3, 0.4) is 0 Å². The Balaban J connectivity index is 2.66. The van der Waals surface area contributed by atoms with Crippen LogP contribution < -0.4 is 14.2 Å². The molecule has 0 heterocycles. The third-order valence-corrected chi connectivity index (χ3v) is 5.02. The average molecular weight is 415 g/mol. The van der Waals surface area contributed by atoms with E-state index in [1.165, 1.54) is 0 Å². The second-order valence-corrected chi connectivity index (χ2v) is 7.42. The zero-order valence-corrected chi connectivity index (χ0v) is 18.5. The summed E-state index contributed by atoms with van der Waals surface area (Å²) in [5, 5.41) is 20.3. The highest BCUT2D eigenvalue weighted by atomic mass is 16.5. The van der Waals surface area contributed by atoms with Crippen LogP contribution in [-0.4, -0.2) is 37.1 Å². The normalized spacial score (nSPS) is 11.8. The van der Waals surface area contributed by atoms with E-state index in [-0.39, 0.29) is 11.9 Å². The Kier molecular flexibility index (Phi) is 9.06. The van der Waals surface area contributed by atoms with Crippen molar-refractivity contribution in [2.75, 3.05) is 20.8 Å². The van der Waals surface area contributed by atoms with Gasteiger partial charge < -0.3 is 24.4 Å². The van der Waals surface area contributed by atoms with E-state index in [2.05, 4.69) is 13.5 Å². The van der Waals surface area contributed by atoms with Crippen LogP contribution in [0.5, 0.6) is 23.0 Å². The lowest BCUT2D eigenvalue weighted by Gasteiger charge is -2.21. The maximum Gasteiger partial charge on any atom is 0.204 e. The standard InChI is InChI=1S/C25H34O5/c1-6-8-9-19-16-21(24(28-4)25(29-5)23(19)30-14-7-2)20-15-18(11-10-17(3)26)12-13-22(20)27/h7,12-13,15-17,26-27H,2,6,8-11,14H2,1,3-5H3. The van der Waals surface area contributed by atoms with Crippen LogP contribution in [0.15, 0.2) is 36.9 Å². The number of rotatable bonds is 12. The fourth-order valence-electron chi connectivity index (χ4n) is 3.45. The van der Waals surface area contributed by atoms with Gasteiger partial charge in [0.25, 0.3) is 0 Å². The minimum absolute atomic E-state index is 0.164. The zero-order chi connectivity index (χ0) is 22.1. The maximum atomic E-state index is 10.6. The Morgan fingerprint density at radius 3 is 2.37 bits per heavy atom. The number of methoxy groups -OCH3 is 2. The molecule has 0 aromatic heterocycles. The number of ether oxygens (including phenoxy) is 3. The smallest absolute Gasteiger partial charge is 0.204 e. The van der Waals surface area contributed by atoms with Crippen molar-refractivity contribution in [2.45, 2.75) is 52.1 Å². The van der Waals surface area contributed by atoms with E-state index in [0.29, 0.717) is 42.3 Å². The van der Waals surface area contributed by atoms with Gasteiger partial charge in [0.05, 0.1) is 20.3 Å². The third-order valence-electron chi connectivity index (χ3n) is 5.02. The van der Waals surface area contributed by atoms with Gasteiger partial charge in [-0.25, -0.2) is 0 Å². The van der Waals surface area contributed by atoms with Crippen molar-refractivity contribution >= 4 is 0 Å². The third kappa shape index (κ3) is 5.70. The van der Waals surface area contributed by atoms with Crippen LogP contribution in [0.4, 0.5) is 0 Å². The number of hydrogen-bond donors (Lipinski definition) is 2. The number of hydrogen-bond acceptors (Lipinski definition) is 5. The van der Waals surface area contributed by atoms with Gasteiger partial charge in [0.1, 0.15) is 12.4 Å². The van der Waals surface area contributed by atoms with E-state index in [1.54, 1.807) is 33.3 Å². The van der Waals surface area contributed by atoms with Crippen molar-refractivity contribution in [1.29, 1.82) is 0 Å². The van der Waals surface area contributed by atoms with Crippen molar-refractivity contribution in [1.82, 2.24) is 0 Å². The van der Waals surface area contributed by atoms with Crippen molar-refractivity contribution in [3.8, 4) is 34.1 Å². The Morgan fingerprint density at radius 1 is 1.03 bits per heavy atom. The first-order chi connectivity index (χ1) is 14.5. The van der Waals surface area contributed by atoms with E-state index in [1.807, 2.05) is 18.2 Å². The molecule has 0 aliphatic carbocycles. The summed E-state index contributed by atoms with van der Waals surface area (Å²) in [6.45, 7) is 8.01. The van der Waals surface area contributed by atoms with E-state index in [9.17, 15) is 10.2 Å². The fraction of sp³-hybridized carbons (Fsp3) is 0.440. The van der Waals surface area contributed by atoms with Crippen molar-refractivity contribution in [2.24, 2.45) is 0 Å². The summed E-state index contributed by atoms with van der Waals surface area (Å²) < 4.78 is 17.4. The molecule has 5 nitrogen and oxygen atoms in total. The lowest BCUT2D eigenvalue weighted by Crippen LogP contribution is -2.04. The topological polar surface area (TPSA) is 68.2 Å². The Morgan fingerprint density at radius 2 is 1.77 bits per heavy atom. The molecule has 0 fully saturated rings. The number of aryl methyl sites for hydroxylation is 2. The number of phenolic OH excluding ortho intramolecular Hbond substituents is 1. The molecule has 30 heavy (non-hydrogen) atoms. The predicted molar refractivity (Wildman–Crippen MR) is 121 cm³/mol. The molecule has 0 radical (unpaired) electrons. The average Bonchev–Trinajstić information content (AvgIpc) is 2.74. The van der Waals surface area contributed by atoms with Gasteiger partial charge in [-0.3, -0.25) is 0 Å². The number of phenols is 1. The predicted octanol–water partition coefficient (Wildman–Crippen LogP) is 5.30. The van der Waals surface area contributed by atoms with Crippen LogP contribution in [-0.2, 0) is 12.8 Å². The van der Waals surface area contributed by atoms with Gasteiger partial charge in [0.2, 0.25) is 5.75 Å². The minimum Gasteiger partial charge on any atom is -0.507 e. The van der Waals surface area contributed by atoms with E-state index < -0.39 is 0 Å². The number of aliphatic hydroxyl groups excluding tert-OH is 1. The highest BCUT2D eigenvalue weighted by molar-refractivity contribution is 5.81. The maximum absolute atomic E-state index is 10.6. The number of benzene rings is 2. The van der Waals surface area contributed by atoms with Crippen LogP contribution in [0.1, 0.15) is 44.2 Å². The molecule has 0 bridgehead atoms. The van der Waals surface area contributed by atoms with Gasteiger partial charge in [-0.05, 0) is 61.9 Å². The molecule has 2 aromatic rings. The van der Waals surface area contributed by atoms with Gasteiger partial charge in [0, 0.05) is 11.1 Å². The molecule has 0 saturated heterocycles. The first-order valence-corrected chi connectivity index (χ1v) is 10.5. The Labute approximate surface area is 179 Å². The minimum atomic E-state index is -0.376. The molecule has 0 aliphatic heterocycles. The van der Waals surface area contributed by atoms with Gasteiger partial charge in [0.15, 0.2) is 11.5 Å². The van der Waals surface area contributed by atoms with E-state index in [0.717, 1.165) is 36.0 Å². The Hall–Kier alpha value is -2.66.